The van der Waals surface area contributed by atoms with Crippen molar-refractivity contribution in [3.05, 3.63) is 34.7 Å². The van der Waals surface area contributed by atoms with E-state index in [0.29, 0.717) is 50.3 Å². The molecular weight excluding hydrogens is 649 g/mol. The maximum Gasteiger partial charge on any atom is 0.399 e. The number of alkyl halides is 2. The van der Waals surface area contributed by atoms with Gasteiger partial charge in [-0.15, -0.1) is 11.3 Å². The molecule has 0 bridgehead atoms. The number of fused-ring (bicyclic) bond motifs is 2. The Hall–Kier alpha value is -3.01. The summed E-state index contributed by atoms with van der Waals surface area (Å²) in [6.45, 7) is 2.50. The van der Waals surface area contributed by atoms with E-state index in [0.717, 1.165) is 23.5 Å². The van der Waals surface area contributed by atoms with Crippen molar-refractivity contribution in [2.24, 2.45) is 5.92 Å². The van der Waals surface area contributed by atoms with Crippen LogP contribution in [0.25, 0.3) is 10.1 Å². The van der Waals surface area contributed by atoms with Crippen LogP contribution in [0.2, 0.25) is 0 Å². The van der Waals surface area contributed by atoms with Crippen LogP contribution < -0.4 is 5.32 Å². The molecule has 1 aromatic carbocycles. The molecule has 5 heterocycles. The number of benzene rings is 1. The molecule has 4 saturated heterocycles. The molecule has 6 rings (SSSR count). The molecular formula is C29H35F2N4O9PS. The summed E-state index contributed by atoms with van der Waals surface area (Å²) < 4.78 is 45.6. The van der Waals surface area contributed by atoms with E-state index in [1.807, 2.05) is 0 Å². The molecule has 17 heteroatoms. The molecule has 0 saturated carbocycles. The van der Waals surface area contributed by atoms with Crippen LogP contribution in [-0.4, -0.2) is 117 Å². The molecule has 13 nitrogen and oxygen atoms in total. The van der Waals surface area contributed by atoms with Crippen molar-refractivity contribution < 1.29 is 52.2 Å². The van der Waals surface area contributed by atoms with E-state index in [2.05, 4.69) is 5.32 Å². The minimum absolute atomic E-state index is 0.0159. The van der Waals surface area contributed by atoms with Crippen LogP contribution in [0.4, 0.5) is 8.78 Å². The quantitative estimate of drug-likeness (QED) is 0.328. The molecule has 4 aliphatic heterocycles. The van der Waals surface area contributed by atoms with E-state index in [-0.39, 0.29) is 53.9 Å². The number of aliphatic hydroxyl groups is 1. The summed E-state index contributed by atoms with van der Waals surface area (Å²) >= 11 is 0.960. The van der Waals surface area contributed by atoms with Crippen molar-refractivity contribution in [3.8, 4) is 0 Å². The largest absolute Gasteiger partial charge is 0.399 e. The van der Waals surface area contributed by atoms with Crippen LogP contribution in [0.5, 0.6) is 0 Å². The standard InChI is InChI=1S/C29H35F2N4O9PS/c30-29(31,45(41,42)43)18-1-6-23-16(11-18)12-24(46-23)25(37)32-21-4-3-20(36)13-19-2-5-22(35(19)27(21)39)28(40)34-14-17(15-34)26(38)33-7-9-44-10-8-33/h1,6,11-12,17,19-22,36H,2-5,7-10,13-15H2,(H,32,37)(H2,41,42,43)/t19-,20-,21+,22+/m1/s1. The number of likely N-dealkylation sites (tertiary alicyclic amines) is 1. The van der Waals surface area contributed by atoms with Gasteiger partial charge in [-0.2, -0.15) is 8.78 Å². The Balaban J connectivity index is 1.15. The highest BCUT2D eigenvalue weighted by atomic mass is 32.1. The second-order valence-electron chi connectivity index (χ2n) is 12.3. The number of thiophene rings is 1. The van der Waals surface area contributed by atoms with E-state index in [1.54, 1.807) is 9.80 Å². The summed E-state index contributed by atoms with van der Waals surface area (Å²) in [6.07, 6.45) is 0.781. The van der Waals surface area contributed by atoms with Gasteiger partial charge < -0.3 is 39.6 Å². The van der Waals surface area contributed by atoms with Crippen molar-refractivity contribution in [2.75, 3.05) is 39.4 Å². The Labute approximate surface area is 266 Å². The summed E-state index contributed by atoms with van der Waals surface area (Å²) in [7, 11) is -5.78. The third-order valence-corrected chi connectivity index (χ3v) is 11.4. The topological polar surface area (TPSA) is 177 Å². The zero-order valence-electron chi connectivity index (χ0n) is 24.7. The van der Waals surface area contributed by atoms with Gasteiger partial charge in [-0.1, -0.05) is 6.07 Å². The Morgan fingerprint density at radius 2 is 1.72 bits per heavy atom. The molecule has 46 heavy (non-hydrogen) atoms. The average Bonchev–Trinajstić information content (AvgIpc) is 3.61. The number of carbonyl (C=O) groups excluding carboxylic acids is 4. The number of ether oxygens (including phenoxy) is 1. The molecule has 4 atom stereocenters. The first-order valence-corrected chi connectivity index (χ1v) is 17.6. The Bertz CT molecular complexity index is 1590. The Morgan fingerprint density at radius 3 is 2.41 bits per heavy atom. The monoisotopic (exact) mass is 684 g/mol. The molecule has 4 aliphatic rings. The van der Waals surface area contributed by atoms with E-state index >= 15 is 0 Å². The van der Waals surface area contributed by atoms with Crippen LogP contribution in [0, 0.1) is 5.92 Å². The summed E-state index contributed by atoms with van der Waals surface area (Å²) in [5.74, 6) is -1.71. The lowest BCUT2D eigenvalue weighted by Crippen LogP contribution is -2.62. The molecule has 1 aromatic heterocycles. The van der Waals surface area contributed by atoms with Gasteiger partial charge in [-0.25, -0.2) is 0 Å². The van der Waals surface area contributed by atoms with Crippen LogP contribution in [-0.2, 0) is 29.3 Å². The van der Waals surface area contributed by atoms with Crippen molar-refractivity contribution in [1.29, 1.82) is 0 Å². The number of hydrogen-bond acceptors (Lipinski definition) is 8. The molecule has 0 spiro atoms. The first-order chi connectivity index (χ1) is 21.7. The van der Waals surface area contributed by atoms with Crippen LogP contribution >= 0.6 is 18.9 Å². The molecule has 4 amide bonds. The van der Waals surface area contributed by atoms with Gasteiger partial charge in [-0.3, -0.25) is 23.7 Å². The Kier molecular flexibility index (Phi) is 8.98. The van der Waals surface area contributed by atoms with E-state index in [9.17, 15) is 37.6 Å². The minimum atomic E-state index is -5.78. The SMILES string of the molecule is O=C(N[C@H]1CC[C@@H](O)C[C@H]2CC[C@@H](C(=O)N3CC(C(=O)N4CCOCC4)C3)N2C1=O)c1cc2cc(C(F)(F)P(=O)(O)O)ccc2s1. The summed E-state index contributed by atoms with van der Waals surface area (Å²) in [6, 6.07) is 2.10. The van der Waals surface area contributed by atoms with Gasteiger partial charge in [0.05, 0.1) is 30.1 Å². The first kappa shape index (κ1) is 32.9. The first-order valence-electron chi connectivity index (χ1n) is 15.2. The van der Waals surface area contributed by atoms with Crippen LogP contribution in [0.15, 0.2) is 24.3 Å². The molecule has 4 fully saturated rings. The van der Waals surface area contributed by atoms with E-state index < -0.39 is 54.9 Å². The molecule has 0 unspecified atom stereocenters. The smallest absolute Gasteiger partial charge is 0.393 e. The van der Waals surface area contributed by atoms with Gasteiger partial charge in [0, 0.05) is 42.5 Å². The lowest BCUT2D eigenvalue weighted by molar-refractivity contribution is -0.157. The maximum absolute atomic E-state index is 14.3. The predicted octanol–water partition coefficient (Wildman–Crippen LogP) is 1.45. The van der Waals surface area contributed by atoms with Crippen molar-refractivity contribution in [3.63, 3.8) is 0 Å². The number of nitrogens with one attached hydrogen (secondary N) is 1. The zero-order valence-corrected chi connectivity index (χ0v) is 26.4. The van der Waals surface area contributed by atoms with Crippen LogP contribution in [0.3, 0.4) is 0 Å². The van der Waals surface area contributed by atoms with Crippen molar-refractivity contribution in [1.82, 2.24) is 20.0 Å². The minimum Gasteiger partial charge on any atom is -0.393 e. The number of hydrogen-bond donors (Lipinski definition) is 4. The van der Waals surface area contributed by atoms with Gasteiger partial charge >= 0.3 is 13.3 Å². The second kappa shape index (κ2) is 12.5. The average molecular weight is 685 g/mol. The molecule has 2 aromatic rings. The highest BCUT2D eigenvalue weighted by Crippen LogP contribution is 2.59. The van der Waals surface area contributed by atoms with Gasteiger partial charge in [0.15, 0.2) is 0 Å². The van der Waals surface area contributed by atoms with Crippen LogP contribution in [0.1, 0.15) is 47.3 Å². The number of morpholine rings is 1. The van der Waals surface area contributed by atoms with Gasteiger partial charge in [0.25, 0.3) is 5.91 Å². The number of halogens is 2. The van der Waals surface area contributed by atoms with Gasteiger partial charge in [0.1, 0.15) is 12.1 Å². The Morgan fingerprint density at radius 1 is 1.00 bits per heavy atom. The third-order valence-electron chi connectivity index (χ3n) is 9.30. The fourth-order valence-electron chi connectivity index (χ4n) is 6.73. The lowest BCUT2D eigenvalue weighted by atomic mass is 9.95. The summed E-state index contributed by atoms with van der Waals surface area (Å²) in [4.78, 5) is 76.7. The number of aliphatic hydroxyl groups excluding tert-OH is 1. The summed E-state index contributed by atoms with van der Waals surface area (Å²) in [5, 5.41) is 13.5. The number of carbonyl (C=O) groups is 4. The zero-order chi connectivity index (χ0) is 33.0. The van der Waals surface area contributed by atoms with E-state index in [4.69, 9.17) is 14.5 Å². The molecule has 0 aliphatic carbocycles. The van der Waals surface area contributed by atoms with Gasteiger partial charge in [-0.05, 0) is 55.7 Å². The molecule has 4 N–H and O–H groups in total. The number of rotatable bonds is 6. The maximum atomic E-state index is 14.3. The van der Waals surface area contributed by atoms with E-state index in [1.165, 1.54) is 17.0 Å². The normalized spacial score (nSPS) is 26.4. The molecule has 250 valence electrons. The summed E-state index contributed by atoms with van der Waals surface area (Å²) in [5.41, 5.74) is -5.30. The van der Waals surface area contributed by atoms with Crippen molar-refractivity contribution in [2.45, 2.75) is 62.0 Å². The highest BCUT2D eigenvalue weighted by molar-refractivity contribution is 7.52. The van der Waals surface area contributed by atoms with Crippen molar-refractivity contribution >= 4 is 52.6 Å². The second-order valence-corrected chi connectivity index (χ2v) is 15.0. The lowest BCUT2D eigenvalue weighted by Gasteiger charge is -2.44. The fraction of sp³-hybridized carbons (Fsp3) is 0.586. The molecule has 0 radical (unpaired) electrons. The number of nitrogens with zero attached hydrogens (tertiary/aromatic N) is 3. The predicted molar refractivity (Wildman–Crippen MR) is 160 cm³/mol. The van der Waals surface area contributed by atoms with Gasteiger partial charge in [0.2, 0.25) is 17.7 Å². The fourth-order valence-corrected chi connectivity index (χ4v) is 8.15. The highest BCUT2D eigenvalue weighted by Gasteiger charge is 2.51. The number of amides is 4. The third kappa shape index (κ3) is 6.18.